The van der Waals surface area contributed by atoms with Gasteiger partial charge in [0.1, 0.15) is 11.6 Å². The van der Waals surface area contributed by atoms with Crippen molar-refractivity contribution in [1.82, 2.24) is 14.5 Å². The van der Waals surface area contributed by atoms with Gasteiger partial charge in [0.15, 0.2) is 0 Å². The van der Waals surface area contributed by atoms with Crippen molar-refractivity contribution in [3.8, 4) is 22.6 Å². The summed E-state index contributed by atoms with van der Waals surface area (Å²) in [4.78, 5) is 8.74. The van der Waals surface area contributed by atoms with E-state index in [1.54, 1.807) is 24.5 Å². The molecular formula is C17H15ClFN3. The number of benzene rings is 1. The molecule has 0 atom stereocenters. The van der Waals surface area contributed by atoms with Gasteiger partial charge in [-0.15, -0.1) is 11.6 Å². The number of aromatic nitrogens is 3. The molecule has 112 valence electrons. The van der Waals surface area contributed by atoms with Crippen molar-refractivity contribution in [2.75, 3.05) is 5.88 Å². The van der Waals surface area contributed by atoms with Crippen molar-refractivity contribution in [2.24, 2.45) is 0 Å². The first-order chi connectivity index (χ1) is 10.8. The lowest BCUT2D eigenvalue weighted by Gasteiger charge is -2.05. The predicted molar refractivity (Wildman–Crippen MR) is 86.2 cm³/mol. The maximum absolute atomic E-state index is 13.1. The van der Waals surface area contributed by atoms with Crippen LogP contribution in [0.5, 0.6) is 0 Å². The SMILES string of the molecule is Fc1ccc(-c2cn(CCCCl)c(-c3ccncc3)n2)cc1. The summed E-state index contributed by atoms with van der Waals surface area (Å²) in [5.41, 5.74) is 2.71. The van der Waals surface area contributed by atoms with Crippen LogP contribution in [0.2, 0.25) is 0 Å². The van der Waals surface area contributed by atoms with Crippen molar-refractivity contribution in [1.29, 1.82) is 0 Å². The highest BCUT2D eigenvalue weighted by atomic mass is 35.5. The second kappa shape index (κ2) is 6.71. The van der Waals surface area contributed by atoms with Crippen LogP contribution in [0.3, 0.4) is 0 Å². The number of nitrogens with zero attached hydrogens (tertiary/aromatic N) is 3. The molecule has 3 rings (SSSR count). The van der Waals surface area contributed by atoms with Gasteiger partial charge in [-0.2, -0.15) is 0 Å². The number of halogens is 2. The van der Waals surface area contributed by atoms with Gasteiger partial charge in [-0.1, -0.05) is 0 Å². The fraction of sp³-hybridized carbons (Fsp3) is 0.176. The lowest BCUT2D eigenvalue weighted by atomic mass is 10.2. The smallest absolute Gasteiger partial charge is 0.140 e. The molecule has 0 saturated carbocycles. The van der Waals surface area contributed by atoms with E-state index in [-0.39, 0.29) is 5.82 Å². The Morgan fingerprint density at radius 2 is 1.73 bits per heavy atom. The lowest BCUT2D eigenvalue weighted by molar-refractivity contribution is 0.628. The monoisotopic (exact) mass is 315 g/mol. The van der Waals surface area contributed by atoms with Crippen LogP contribution in [0, 0.1) is 5.82 Å². The van der Waals surface area contributed by atoms with Gasteiger partial charge < -0.3 is 4.57 Å². The van der Waals surface area contributed by atoms with Crippen LogP contribution >= 0.6 is 11.6 Å². The normalized spacial score (nSPS) is 10.8. The van der Waals surface area contributed by atoms with Gasteiger partial charge in [-0.25, -0.2) is 9.37 Å². The van der Waals surface area contributed by atoms with Crippen molar-refractivity contribution in [2.45, 2.75) is 13.0 Å². The molecule has 0 amide bonds. The highest BCUT2D eigenvalue weighted by molar-refractivity contribution is 6.17. The molecule has 0 spiro atoms. The molecule has 2 heterocycles. The summed E-state index contributed by atoms with van der Waals surface area (Å²) in [5.74, 6) is 1.21. The Morgan fingerprint density at radius 3 is 2.41 bits per heavy atom. The standard InChI is InChI=1S/C17H15ClFN3/c18-8-1-11-22-12-16(13-2-4-15(19)5-3-13)21-17(22)14-6-9-20-10-7-14/h2-7,9-10,12H,1,8,11H2. The second-order valence-corrected chi connectivity index (χ2v) is 5.31. The van der Waals surface area contributed by atoms with Crippen molar-refractivity contribution < 1.29 is 4.39 Å². The maximum Gasteiger partial charge on any atom is 0.140 e. The number of pyridine rings is 1. The summed E-state index contributed by atoms with van der Waals surface area (Å²) in [7, 11) is 0. The maximum atomic E-state index is 13.1. The molecule has 0 bridgehead atoms. The van der Waals surface area contributed by atoms with Crippen molar-refractivity contribution in [3.05, 3.63) is 60.8 Å². The average Bonchev–Trinajstić information content (AvgIpc) is 2.98. The molecule has 0 unspecified atom stereocenters. The Balaban J connectivity index is 2.02. The first kappa shape index (κ1) is 14.7. The highest BCUT2D eigenvalue weighted by Gasteiger charge is 2.11. The Kier molecular flexibility index (Phi) is 4.49. The fourth-order valence-corrected chi connectivity index (χ4v) is 2.43. The Morgan fingerprint density at radius 1 is 1.00 bits per heavy atom. The molecule has 3 aromatic rings. The number of hydrogen-bond acceptors (Lipinski definition) is 2. The molecular weight excluding hydrogens is 301 g/mol. The van der Waals surface area contributed by atoms with E-state index in [0.29, 0.717) is 5.88 Å². The van der Waals surface area contributed by atoms with Gasteiger partial charge in [0.25, 0.3) is 0 Å². The van der Waals surface area contributed by atoms with Crippen LogP contribution in [0.15, 0.2) is 55.0 Å². The lowest BCUT2D eigenvalue weighted by Crippen LogP contribution is -2.00. The minimum atomic E-state index is -0.250. The number of rotatable bonds is 5. The number of alkyl halides is 1. The van der Waals surface area contributed by atoms with Crippen LogP contribution in [-0.2, 0) is 6.54 Å². The van der Waals surface area contributed by atoms with Crippen LogP contribution in [0.4, 0.5) is 4.39 Å². The van der Waals surface area contributed by atoms with E-state index in [0.717, 1.165) is 35.6 Å². The second-order valence-electron chi connectivity index (χ2n) is 4.93. The fourth-order valence-electron chi connectivity index (χ4n) is 2.31. The molecule has 0 aliphatic carbocycles. The largest absolute Gasteiger partial charge is 0.330 e. The first-order valence-electron chi connectivity index (χ1n) is 7.07. The third-order valence-corrected chi connectivity index (χ3v) is 3.65. The van der Waals surface area contributed by atoms with E-state index in [1.165, 1.54) is 12.1 Å². The molecule has 5 heteroatoms. The van der Waals surface area contributed by atoms with Crippen molar-refractivity contribution >= 4 is 11.6 Å². The van der Waals surface area contributed by atoms with Crippen LogP contribution in [0.25, 0.3) is 22.6 Å². The van der Waals surface area contributed by atoms with Gasteiger partial charge in [-0.05, 0) is 42.8 Å². The van der Waals surface area contributed by atoms with Crippen LogP contribution in [-0.4, -0.2) is 20.4 Å². The number of aryl methyl sites for hydroxylation is 1. The molecule has 3 nitrogen and oxygen atoms in total. The summed E-state index contributed by atoms with van der Waals surface area (Å²) < 4.78 is 15.2. The topological polar surface area (TPSA) is 30.7 Å². The van der Waals surface area contributed by atoms with E-state index in [4.69, 9.17) is 16.6 Å². The molecule has 0 aliphatic rings. The third kappa shape index (κ3) is 3.17. The summed E-state index contributed by atoms with van der Waals surface area (Å²) in [6.45, 7) is 0.787. The van der Waals surface area contributed by atoms with Crippen LogP contribution < -0.4 is 0 Å². The zero-order valence-electron chi connectivity index (χ0n) is 11.9. The van der Waals surface area contributed by atoms with E-state index in [1.807, 2.05) is 18.3 Å². The molecule has 0 saturated heterocycles. The minimum Gasteiger partial charge on any atom is -0.330 e. The molecule has 0 N–H and O–H groups in total. The van der Waals surface area contributed by atoms with E-state index < -0.39 is 0 Å². The molecule has 1 aromatic carbocycles. The number of hydrogen-bond donors (Lipinski definition) is 0. The molecule has 22 heavy (non-hydrogen) atoms. The van der Waals surface area contributed by atoms with E-state index in [9.17, 15) is 4.39 Å². The third-order valence-electron chi connectivity index (χ3n) is 3.39. The quantitative estimate of drug-likeness (QED) is 0.654. The Bertz CT molecular complexity index is 738. The Hall–Kier alpha value is -2.20. The molecule has 2 aromatic heterocycles. The minimum absolute atomic E-state index is 0.250. The van der Waals surface area contributed by atoms with Gasteiger partial charge >= 0.3 is 0 Å². The number of imidazole rings is 1. The van der Waals surface area contributed by atoms with Gasteiger partial charge in [0, 0.05) is 42.1 Å². The first-order valence-corrected chi connectivity index (χ1v) is 7.61. The Labute approximate surface area is 133 Å². The van der Waals surface area contributed by atoms with Gasteiger partial charge in [0.05, 0.1) is 5.69 Å². The van der Waals surface area contributed by atoms with Crippen LogP contribution in [0.1, 0.15) is 6.42 Å². The molecule has 0 radical (unpaired) electrons. The summed E-state index contributed by atoms with van der Waals surface area (Å²) in [6, 6.07) is 10.2. The zero-order valence-corrected chi connectivity index (χ0v) is 12.7. The van der Waals surface area contributed by atoms with E-state index in [2.05, 4.69) is 9.55 Å². The van der Waals surface area contributed by atoms with E-state index >= 15 is 0 Å². The zero-order chi connectivity index (χ0) is 15.4. The van der Waals surface area contributed by atoms with Crippen molar-refractivity contribution in [3.63, 3.8) is 0 Å². The molecule has 0 fully saturated rings. The highest BCUT2D eigenvalue weighted by Crippen LogP contribution is 2.25. The average molecular weight is 316 g/mol. The summed E-state index contributed by atoms with van der Waals surface area (Å²) in [5, 5.41) is 0. The van der Waals surface area contributed by atoms with Gasteiger partial charge in [-0.3, -0.25) is 4.98 Å². The summed E-state index contributed by atoms with van der Waals surface area (Å²) in [6.07, 6.45) is 6.33. The van der Waals surface area contributed by atoms with Gasteiger partial charge in [0.2, 0.25) is 0 Å². The molecule has 0 aliphatic heterocycles. The summed E-state index contributed by atoms with van der Waals surface area (Å²) >= 11 is 5.81. The predicted octanol–water partition coefficient (Wildman–Crippen LogP) is 4.38.